The normalized spacial score (nSPS) is 11.4. The summed E-state index contributed by atoms with van der Waals surface area (Å²) in [7, 11) is -3.46. The van der Waals surface area contributed by atoms with E-state index in [2.05, 4.69) is 10.2 Å². The van der Waals surface area contributed by atoms with E-state index in [4.69, 9.17) is 23.2 Å². The highest BCUT2D eigenvalue weighted by molar-refractivity contribution is 7.90. The average molecular weight is 303 g/mol. The Balaban J connectivity index is 2.37. The summed E-state index contributed by atoms with van der Waals surface area (Å²) in [4.78, 5) is 0.231. The van der Waals surface area contributed by atoms with E-state index < -0.39 is 9.84 Å². The van der Waals surface area contributed by atoms with Crippen molar-refractivity contribution in [3.63, 3.8) is 0 Å². The lowest BCUT2D eigenvalue weighted by Crippen LogP contribution is -2.06. The predicted octanol–water partition coefficient (Wildman–Crippen LogP) is 2.76. The fraction of sp³-hybridized carbons (Fsp3) is 0.0909. The fourth-order valence-corrected chi connectivity index (χ4v) is 3.18. The lowest BCUT2D eigenvalue weighted by Gasteiger charge is -2.05. The van der Waals surface area contributed by atoms with Gasteiger partial charge in [-0.3, -0.25) is 0 Å². The van der Waals surface area contributed by atoms with Crippen molar-refractivity contribution in [2.45, 2.75) is 10.6 Å². The summed E-state index contributed by atoms with van der Waals surface area (Å²) in [5.74, 6) is -0.259. The van der Waals surface area contributed by atoms with E-state index >= 15 is 0 Å². The molecule has 0 aliphatic heterocycles. The summed E-state index contributed by atoms with van der Waals surface area (Å²) in [6.45, 7) is 0. The largest absolute Gasteiger partial charge is 0.223 e. The van der Waals surface area contributed by atoms with Crippen molar-refractivity contribution in [3.8, 4) is 0 Å². The van der Waals surface area contributed by atoms with Crippen molar-refractivity contribution >= 4 is 33.0 Å². The predicted molar refractivity (Wildman–Crippen MR) is 69.4 cm³/mol. The summed E-state index contributed by atoms with van der Waals surface area (Å²) in [5, 5.41) is 7.26. The third-order valence-corrected chi connectivity index (χ3v) is 4.42. The highest BCUT2D eigenvalue weighted by Crippen LogP contribution is 2.21. The van der Waals surface area contributed by atoms with Gasteiger partial charge in [0.25, 0.3) is 0 Å². The third-order valence-electron chi connectivity index (χ3n) is 2.24. The number of aromatic nitrogens is 2. The molecule has 0 spiro atoms. The van der Waals surface area contributed by atoms with E-state index in [0.29, 0.717) is 5.56 Å². The van der Waals surface area contributed by atoms with Crippen LogP contribution in [0.3, 0.4) is 0 Å². The molecule has 0 fully saturated rings. The molecule has 0 saturated heterocycles. The summed E-state index contributed by atoms with van der Waals surface area (Å²) in [6.07, 6.45) is 0. The second kappa shape index (κ2) is 5.22. The number of rotatable bonds is 3. The van der Waals surface area contributed by atoms with E-state index in [1.165, 1.54) is 18.2 Å². The van der Waals surface area contributed by atoms with Crippen LogP contribution in [0.5, 0.6) is 0 Å². The van der Waals surface area contributed by atoms with Gasteiger partial charge in [0.15, 0.2) is 20.1 Å². The molecule has 2 rings (SSSR count). The minimum atomic E-state index is -3.46. The van der Waals surface area contributed by atoms with Crippen LogP contribution in [0.1, 0.15) is 5.56 Å². The molecule has 2 aromatic rings. The first-order valence-corrected chi connectivity index (χ1v) is 7.35. The standard InChI is InChI=1S/C11H8Cl2N2O2S/c12-10-6-8(11(13)15-14-10)7-18(16,17)9-4-2-1-3-5-9/h1-6H,7H2. The molecule has 1 aromatic heterocycles. The molecule has 0 saturated carbocycles. The van der Waals surface area contributed by atoms with E-state index in [-0.39, 0.29) is 21.0 Å². The van der Waals surface area contributed by atoms with Gasteiger partial charge in [-0.1, -0.05) is 41.4 Å². The summed E-state index contributed by atoms with van der Waals surface area (Å²) < 4.78 is 24.2. The number of sulfone groups is 1. The maximum Gasteiger partial charge on any atom is 0.182 e. The summed E-state index contributed by atoms with van der Waals surface area (Å²) in [5.41, 5.74) is 0.334. The van der Waals surface area contributed by atoms with Crippen LogP contribution in [-0.2, 0) is 15.6 Å². The Kier molecular flexibility index (Phi) is 3.85. The monoisotopic (exact) mass is 302 g/mol. The zero-order valence-electron chi connectivity index (χ0n) is 9.05. The van der Waals surface area contributed by atoms with Crippen molar-refractivity contribution in [3.05, 3.63) is 52.3 Å². The van der Waals surface area contributed by atoms with E-state index in [1.807, 2.05) is 0 Å². The van der Waals surface area contributed by atoms with Gasteiger partial charge in [-0.15, -0.1) is 10.2 Å². The Morgan fingerprint density at radius 1 is 1.06 bits per heavy atom. The van der Waals surface area contributed by atoms with Crippen LogP contribution in [0.25, 0.3) is 0 Å². The summed E-state index contributed by atoms with van der Waals surface area (Å²) >= 11 is 11.5. The van der Waals surface area contributed by atoms with Gasteiger partial charge in [-0.05, 0) is 18.2 Å². The van der Waals surface area contributed by atoms with Gasteiger partial charge < -0.3 is 0 Å². The molecule has 0 unspecified atom stereocenters. The molecule has 0 amide bonds. The minimum absolute atomic E-state index is 0.0407. The van der Waals surface area contributed by atoms with Gasteiger partial charge in [-0.25, -0.2) is 8.42 Å². The Bertz CT molecular complexity index is 660. The second-order valence-corrected chi connectivity index (χ2v) is 6.29. The van der Waals surface area contributed by atoms with E-state index in [1.54, 1.807) is 18.2 Å². The number of nitrogens with zero attached hydrogens (tertiary/aromatic N) is 2. The molecule has 0 bridgehead atoms. The second-order valence-electron chi connectivity index (χ2n) is 3.56. The molecule has 18 heavy (non-hydrogen) atoms. The smallest absolute Gasteiger partial charge is 0.182 e. The quantitative estimate of drug-likeness (QED) is 0.875. The molecule has 4 nitrogen and oxygen atoms in total. The zero-order chi connectivity index (χ0) is 13.2. The highest BCUT2D eigenvalue weighted by atomic mass is 35.5. The maximum absolute atomic E-state index is 12.1. The number of benzene rings is 1. The molecule has 1 aromatic carbocycles. The molecule has 0 radical (unpaired) electrons. The minimum Gasteiger partial charge on any atom is -0.223 e. The van der Waals surface area contributed by atoms with Crippen LogP contribution in [0.4, 0.5) is 0 Å². The topological polar surface area (TPSA) is 59.9 Å². The van der Waals surface area contributed by atoms with Gasteiger partial charge in [0.2, 0.25) is 0 Å². The Labute approximate surface area is 114 Å². The van der Waals surface area contributed by atoms with Crippen LogP contribution in [0.2, 0.25) is 10.3 Å². The Morgan fingerprint density at radius 2 is 1.72 bits per heavy atom. The Hall–Kier alpha value is -1.17. The van der Waals surface area contributed by atoms with Crippen molar-refractivity contribution in [2.75, 3.05) is 0 Å². The van der Waals surface area contributed by atoms with Gasteiger partial charge in [0.05, 0.1) is 10.6 Å². The van der Waals surface area contributed by atoms with Crippen molar-refractivity contribution in [1.82, 2.24) is 10.2 Å². The first-order valence-electron chi connectivity index (χ1n) is 4.94. The first kappa shape index (κ1) is 13.3. The molecule has 0 N–H and O–H groups in total. The Morgan fingerprint density at radius 3 is 2.39 bits per heavy atom. The van der Waals surface area contributed by atoms with Crippen LogP contribution in [-0.4, -0.2) is 18.6 Å². The van der Waals surface area contributed by atoms with Gasteiger partial charge in [0, 0.05) is 5.56 Å². The molecule has 1 heterocycles. The fourth-order valence-electron chi connectivity index (χ4n) is 1.41. The van der Waals surface area contributed by atoms with Crippen LogP contribution in [0, 0.1) is 0 Å². The van der Waals surface area contributed by atoms with Crippen LogP contribution in [0.15, 0.2) is 41.3 Å². The molecular formula is C11H8Cl2N2O2S. The molecule has 0 atom stereocenters. The van der Waals surface area contributed by atoms with Crippen LogP contribution < -0.4 is 0 Å². The molecule has 7 heteroatoms. The van der Waals surface area contributed by atoms with Crippen LogP contribution >= 0.6 is 23.2 Å². The number of hydrogen-bond donors (Lipinski definition) is 0. The summed E-state index contributed by atoms with van der Waals surface area (Å²) in [6, 6.07) is 9.52. The highest BCUT2D eigenvalue weighted by Gasteiger charge is 2.17. The SMILES string of the molecule is O=S(=O)(Cc1cc(Cl)nnc1Cl)c1ccccc1. The lowest BCUT2D eigenvalue weighted by atomic mass is 10.3. The van der Waals surface area contributed by atoms with Gasteiger partial charge >= 0.3 is 0 Å². The zero-order valence-corrected chi connectivity index (χ0v) is 11.4. The van der Waals surface area contributed by atoms with Crippen molar-refractivity contribution in [1.29, 1.82) is 0 Å². The van der Waals surface area contributed by atoms with Crippen molar-refractivity contribution in [2.24, 2.45) is 0 Å². The van der Waals surface area contributed by atoms with E-state index in [9.17, 15) is 8.42 Å². The molecular weight excluding hydrogens is 295 g/mol. The number of hydrogen-bond acceptors (Lipinski definition) is 4. The maximum atomic E-state index is 12.1. The lowest BCUT2D eigenvalue weighted by molar-refractivity contribution is 0.595. The van der Waals surface area contributed by atoms with Gasteiger partial charge in [-0.2, -0.15) is 0 Å². The molecule has 0 aliphatic carbocycles. The molecule has 0 aliphatic rings. The molecule has 94 valence electrons. The van der Waals surface area contributed by atoms with E-state index in [0.717, 1.165) is 0 Å². The number of halogens is 2. The van der Waals surface area contributed by atoms with Crippen molar-refractivity contribution < 1.29 is 8.42 Å². The first-order chi connectivity index (χ1) is 8.49. The van der Waals surface area contributed by atoms with Gasteiger partial charge in [0.1, 0.15) is 0 Å². The third kappa shape index (κ3) is 2.98. The average Bonchev–Trinajstić information content (AvgIpc) is 2.35.